The third-order valence-corrected chi connectivity index (χ3v) is 3.25. The number of benzene rings is 1. The third-order valence-electron chi connectivity index (χ3n) is 3.02. The summed E-state index contributed by atoms with van der Waals surface area (Å²) in [6.07, 6.45) is 1.81. The molecular formula is C15H17N3S. The lowest BCUT2D eigenvalue weighted by Crippen LogP contribution is -2.19. The number of anilines is 1. The maximum absolute atomic E-state index is 5.64. The number of rotatable bonds is 4. The first-order valence-corrected chi connectivity index (χ1v) is 6.50. The van der Waals surface area contributed by atoms with Crippen molar-refractivity contribution in [3.63, 3.8) is 0 Å². The number of aromatic nitrogens is 1. The van der Waals surface area contributed by atoms with Gasteiger partial charge in [-0.1, -0.05) is 18.3 Å². The Labute approximate surface area is 119 Å². The molecule has 0 aliphatic heterocycles. The lowest BCUT2D eigenvalue weighted by molar-refractivity contribution is 0.881. The third kappa shape index (κ3) is 3.29. The summed E-state index contributed by atoms with van der Waals surface area (Å²) in [6, 6.07) is 12.0. The summed E-state index contributed by atoms with van der Waals surface area (Å²) < 4.78 is 0. The minimum atomic E-state index is 0.432. The van der Waals surface area contributed by atoms with E-state index in [1.165, 1.54) is 0 Å². The molecule has 1 heterocycles. The van der Waals surface area contributed by atoms with Crippen molar-refractivity contribution in [1.29, 1.82) is 0 Å². The Hall–Kier alpha value is -1.94. The molecule has 0 saturated heterocycles. The summed E-state index contributed by atoms with van der Waals surface area (Å²) in [4.78, 5) is 6.94. The molecule has 0 bridgehead atoms. The van der Waals surface area contributed by atoms with E-state index in [9.17, 15) is 0 Å². The van der Waals surface area contributed by atoms with Crippen molar-refractivity contribution in [2.75, 3.05) is 11.9 Å². The van der Waals surface area contributed by atoms with Gasteiger partial charge < -0.3 is 10.6 Å². The molecule has 0 aliphatic carbocycles. The van der Waals surface area contributed by atoms with Crippen LogP contribution in [0.15, 0.2) is 42.6 Å². The van der Waals surface area contributed by atoms with E-state index in [-0.39, 0.29) is 0 Å². The highest BCUT2D eigenvalue weighted by Gasteiger charge is 2.07. The number of hydrogen-bond acceptors (Lipinski definition) is 3. The van der Waals surface area contributed by atoms with E-state index in [0.717, 1.165) is 29.1 Å². The average molecular weight is 271 g/mol. The van der Waals surface area contributed by atoms with E-state index >= 15 is 0 Å². The minimum Gasteiger partial charge on any atom is -0.389 e. The zero-order valence-electron chi connectivity index (χ0n) is 11.1. The summed E-state index contributed by atoms with van der Waals surface area (Å²) in [5, 5.41) is 0. The molecule has 3 nitrogen and oxygen atoms in total. The van der Waals surface area contributed by atoms with Gasteiger partial charge in [-0.3, -0.25) is 4.98 Å². The molecule has 98 valence electrons. The largest absolute Gasteiger partial charge is 0.389 e. The normalized spacial score (nSPS) is 10.2. The predicted octanol–water partition coefficient (Wildman–Crippen LogP) is 2.66. The fourth-order valence-corrected chi connectivity index (χ4v) is 2.18. The summed E-state index contributed by atoms with van der Waals surface area (Å²) >= 11 is 4.99. The quantitative estimate of drug-likeness (QED) is 0.868. The Morgan fingerprint density at radius 2 is 2.11 bits per heavy atom. The molecule has 1 aromatic heterocycles. The van der Waals surface area contributed by atoms with Crippen LogP contribution in [-0.4, -0.2) is 17.0 Å². The summed E-state index contributed by atoms with van der Waals surface area (Å²) in [5.74, 6) is 0. The van der Waals surface area contributed by atoms with Crippen LogP contribution >= 0.6 is 12.2 Å². The van der Waals surface area contributed by atoms with Gasteiger partial charge in [-0.15, -0.1) is 0 Å². The molecule has 1 aromatic carbocycles. The molecule has 0 atom stereocenters. The maximum atomic E-state index is 5.64. The SMILES string of the molecule is Cc1cc(C(N)=S)ccc1N(C)Cc1ccccn1. The van der Waals surface area contributed by atoms with Gasteiger partial charge in [0.1, 0.15) is 4.99 Å². The monoisotopic (exact) mass is 271 g/mol. The van der Waals surface area contributed by atoms with Crippen LogP contribution < -0.4 is 10.6 Å². The minimum absolute atomic E-state index is 0.432. The fourth-order valence-electron chi connectivity index (χ4n) is 2.06. The first kappa shape index (κ1) is 13.5. The Balaban J connectivity index is 2.20. The van der Waals surface area contributed by atoms with E-state index in [2.05, 4.69) is 23.9 Å². The molecule has 0 fully saturated rings. The van der Waals surface area contributed by atoms with Crippen LogP contribution in [0.4, 0.5) is 5.69 Å². The van der Waals surface area contributed by atoms with Crippen LogP contribution in [0.3, 0.4) is 0 Å². The van der Waals surface area contributed by atoms with Gasteiger partial charge >= 0.3 is 0 Å². The molecule has 2 aromatic rings. The van der Waals surface area contributed by atoms with Crippen LogP contribution in [0.1, 0.15) is 16.8 Å². The topological polar surface area (TPSA) is 42.1 Å². The van der Waals surface area contributed by atoms with Gasteiger partial charge in [-0.25, -0.2) is 0 Å². The second-order valence-corrected chi connectivity index (χ2v) is 4.98. The van der Waals surface area contributed by atoms with Gasteiger partial charge in [-0.05, 0) is 42.8 Å². The van der Waals surface area contributed by atoms with Crippen LogP contribution in [0, 0.1) is 6.92 Å². The van der Waals surface area contributed by atoms with Crippen molar-refractivity contribution in [3.8, 4) is 0 Å². The van der Waals surface area contributed by atoms with Crippen molar-refractivity contribution >= 4 is 22.9 Å². The zero-order valence-corrected chi connectivity index (χ0v) is 11.9. The van der Waals surface area contributed by atoms with E-state index in [1.54, 1.807) is 0 Å². The molecule has 2 rings (SSSR count). The highest BCUT2D eigenvalue weighted by atomic mass is 32.1. The van der Waals surface area contributed by atoms with Crippen LogP contribution in [-0.2, 0) is 6.54 Å². The van der Waals surface area contributed by atoms with Gasteiger partial charge in [0.15, 0.2) is 0 Å². The van der Waals surface area contributed by atoms with Crippen molar-refractivity contribution in [2.45, 2.75) is 13.5 Å². The molecular weight excluding hydrogens is 254 g/mol. The Kier molecular flexibility index (Phi) is 4.12. The van der Waals surface area contributed by atoms with Crippen LogP contribution in [0.25, 0.3) is 0 Å². The Morgan fingerprint density at radius 1 is 1.32 bits per heavy atom. The molecule has 0 aliphatic rings. The average Bonchev–Trinajstić information content (AvgIpc) is 2.39. The summed E-state index contributed by atoms with van der Waals surface area (Å²) in [6.45, 7) is 2.83. The smallest absolute Gasteiger partial charge is 0.103 e. The van der Waals surface area contributed by atoms with Gasteiger partial charge in [-0.2, -0.15) is 0 Å². The highest BCUT2D eigenvalue weighted by molar-refractivity contribution is 7.80. The standard InChI is InChI=1S/C15H17N3S/c1-11-9-12(15(16)19)6-7-14(11)18(2)10-13-5-3-4-8-17-13/h3-9H,10H2,1-2H3,(H2,16,19). The molecule has 0 amide bonds. The number of pyridine rings is 1. The molecule has 0 saturated carbocycles. The molecule has 4 heteroatoms. The number of nitrogens with two attached hydrogens (primary N) is 1. The first-order valence-electron chi connectivity index (χ1n) is 6.09. The maximum Gasteiger partial charge on any atom is 0.103 e. The Morgan fingerprint density at radius 3 is 2.68 bits per heavy atom. The van der Waals surface area contributed by atoms with Crippen LogP contribution in [0.2, 0.25) is 0 Å². The number of hydrogen-bond donors (Lipinski definition) is 1. The number of thiocarbonyl (C=S) groups is 1. The van der Waals surface area contributed by atoms with E-state index in [4.69, 9.17) is 18.0 Å². The Bertz CT molecular complexity index is 581. The second-order valence-electron chi connectivity index (χ2n) is 4.54. The number of aryl methyl sites for hydroxylation is 1. The van der Waals surface area contributed by atoms with Crippen LogP contribution in [0.5, 0.6) is 0 Å². The fraction of sp³-hybridized carbons (Fsp3) is 0.200. The van der Waals surface area contributed by atoms with Crippen molar-refractivity contribution in [3.05, 3.63) is 59.4 Å². The molecule has 0 radical (unpaired) electrons. The van der Waals surface area contributed by atoms with Gasteiger partial charge in [0, 0.05) is 24.5 Å². The molecule has 19 heavy (non-hydrogen) atoms. The lowest BCUT2D eigenvalue weighted by Gasteiger charge is -2.21. The summed E-state index contributed by atoms with van der Waals surface area (Å²) in [5.41, 5.74) is 9.90. The van der Waals surface area contributed by atoms with E-state index < -0.39 is 0 Å². The number of nitrogens with zero attached hydrogens (tertiary/aromatic N) is 2. The van der Waals surface area contributed by atoms with Gasteiger partial charge in [0.05, 0.1) is 12.2 Å². The second kappa shape index (κ2) is 5.80. The van der Waals surface area contributed by atoms with Gasteiger partial charge in [0.2, 0.25) is 0 Å². The highest BCUT2D eigenvalue weighted by Crippen LogP contribution is 2.21. The van der Waals surface area contributed by atoms with Crippen molar-refractivity contribution < 1.29 is 0 Å². The van der Waals surface area contributed by atoms with Crippen molar-refractivity contribution in [1.82, 2.24) is 4.98 Å². The first-order chi connectivity index (χ1) is 9.08. The van der Waals surface area contributed by atoms with Gasteiger partial charge in [0.25, 0.3) is 0 Å². The molecule has 2 N–H and O–H groups in total. The van der Waals surface area contributed by atoms with Crippen molar-refractivity contribution in [2.24, 2.45) is 5.73 Å². The zero-order chi connectivity index (χ0) is 13.8. The summed E-state index contributed by atoms with van der Waals surface area (Å²) in [7, 11) is 2.05. The lowest BCUT2D eigenvalue weighted by atomic mass is 10.1. The van der Waals surface area contributed by atoms with E-state index in [0.29, 0.717) is 4.99 Å². The molecule has 0 spiro atoms. The predicted molar refractivity (Wildman–Crippen MR) is 83.4 cm³/mol. The van der Waals surface area contributed by atoms with E-state index in [1.807, 2.05) is 42.6 Å². The molecule has 0 unspecified atom stereocenters.